The fourth-order valence-corrected chi connectivity index (χ4v) is 5.30. The molecule has 5 nitrogen and oxygen atoms in total. The van der Waals surface area contributed by atoms with Crippen molar-refractivity contribution in [1.82, 2.24) is 0 Å². The molecule has 1 aliphatic rings. The van der Waals surface area contributed by atoms with Crippen molar-refractivity contribution in [2.75, 3.05) is 17.2 Å². The number of nitriles is 1. The molecule has 0 radical (unpaired) electrons. The number of anilines is 2. The maximum atomic E-state index is 14.4. The zero-order valence-corrected chi connectivity index (χ0v) is 21.1. The third-order valence-corrected chi connectivity index (χ3v) is 7.92. The van der Waals surface area contributed by atoms with Gasteiger partial charge in [0.05, 0.1) is 38.3 Å². The molecule has 0 saturated heterocycles. The predicted octanol–water partition coefficient (Wildman–Crippen LogP) is 6.96. The molecule has 0 aromatic heterocycles. The molecule has 0 heterocycles. The molecule has 11 heteroatoms. The fourth-order valence-electron chi connectivity index (χ4n) is 4.02. The van der Waals surface area contributed by atoms with Gasteiger partial charge in [0.15, 0.2) is 0 Å². The van der Waals surface area contributed by atoms with Crippen LogP contribution in [0.5, 0.6) is 0 Å². The maximum absolute atomic E-state index is 14.4. The summed E-state index contributed by atoms with van der Waals surface area (Å²) in [6.07, 6.45) is 0.651. The first-order chi connectivity index (χ1) is 17.0. The first kappa shape index (κ1) is 26.2. The van der Waals surface area contributed by atoms with E-state index < -0.39 is 33.2 Å². The molecule has 1 aliphatic carbocycles. The Hall–Kier alpha value is -2.89. The molecular weight excluding hydrogens is 554 g/mol. The van der Waals surface area contributed by atoms with Gasteiger partial charge in [0.1, 0.15) is 22.3 Å². The van der Waals surface area contributed by atoms with Crippen molar-refractivity contribution in [3.05, 3.63) is 93.0 Å². The summed E-state index contributed by atoms with van der Waals surface area (Å²) in [6, 6.07) is 13.7. The van der Waals surface area contributed by atoms with Gasteiger partial charge in [-0.25, -0.2) is 8.78 Å². The minimum Gasteiger partial charge on any atom is -0.384 e. The Morgan fingerprint density at radius 3 is 2.42 bits per heavy atom. The molecule has 1 saturated carbocycles. The summed E-state index contributed by atoms with van der Waals surface area (Å²) in [4.78, 5) is 24.8. The second-order valence-corrected chi connectivity index (χ2v) is 10.4. The van der Waals surface area contributed by atoms with Crippen molar-refractivity contribution >= 4 is 70.0 Å². The predicted molar refractivity (Wildman–Crippen MR) is 136 cm³/mol. The number of alkyl halides is 2. The van der Waals surface area contributed by atoms with Crippen molar-refractivity contribution in [1.29, 1.82) is 5.26 Å². The highest BCUT2D eigenvalue weighted by molar-refractivity contribution is 6.54. The molecule has 1 amide bonds. The van der Waals surface area contributed by atoms with Crippen LogP contribution in [0.15, 0.2) is 54.6 Å². The number of hydrogen-bond donors (Lipinski definition) is 2. The second kappa shape index (κ2) is 9.87. The van der Waals surface area contributed by atoms with Crippen LogP contribution in [-0.4, -0.2) is 23.1 Å². The van der Waals surface area contributed by atoms with E-state index in [1.807, 2.05) is 0 Å². The molecular formula is C25H15Cl4F2N3O2. The van der Waals surface area contributed by atoms with E-state index in [1.54, 1.807) is 24.3 Å². The van der Waals surface area contributed by atoms with Gasteiger partial charge >= 0.3 is 0 Å². The topological polar surface area (TPSA) is 82.0 Å². The fraction of sp³-hybridized carbons (Fsp3) is 0.160. The van der Waals surface area contributed by atoms with E-state index in [4.69, 9.17) is 51.7 Å². The average molecular weight is 569 g/mol. The lowest BCUT2D eigenvalue weighted by Gasteiger charge is -2.15. The monoisotopic (exact) mass is 567 g/mol. The lowest BCUT2D eigenvalue weighted by molar-refractivity contribution is -0.112. The molecule has 36 heavy (non-hydrogen) atoms. The van der Waals surface area contributed by atoms with Crippen LogP contribution < -0.4 is 10.6 Å². The van der Waals surface area contributed by atoms with E-state index >= 15 is 0 Å². The van der Waals surface area contributed by atoms with Gasteiger partial charge in [-0.2, -0.15) is 5.26 Å². The third kappa shape index (κ3) is 4.62. The molecule has 3 aromatic rings. The number of halogens is 6. The highest BCUT2D eigenvalue weighted by atomic mass is 35.5. The van der Waals surface area contributed by atoms with Gasteiger partial charge in [-0.05, 0) is 54.1 Å². The molecule has 2 unspecified atom stereocenters. The van der Waals surface area contributed by atoms with Gasteiger partial charge in [-0.15, -0.1) is 0 Å². The molecule has 0 aliphatic heterocycles. The Kier molecular flexibility index (Phi) is 7.18. The van der Waals surface area contributed by atoms with Crippen molar-refractivity contribution in [2.24, 2.45) is 5.41 Å². The zero-order valence-electron chi connectivity index (χ0n) is 18.1. The van der Waals surface area contributed by atoms with Crippen LogP contribution in [0.25, 0.3) is 0 Å². The smallest absolute Gasteiger partial charge is 0.258 e. The normalized spacial score (nSPS) is 19.8. The minimum atomic E-state index is -1.45. The Labute approximate surface area is 224 Å². The summed E-state index contributed by atoms with van der Waals surface area (Å²) < 4.78 is 27.1. The number of aldehydes is 1. The van der Waals surface area contributed by atoms with Gasteiger partial charge < -0.3 is 15.4 Å². The van der Waals surface area contributed by atoms with Crippen molar-refractivity contribution in [3.63, 3.8) is 0 Å². The van der Waals surface area contributed by atoms with Crippen molar-refractivity contribution < 1.29 is 18.4 Å². The van der Waals surface area contributed by atoms with Gasteiger partial charge in [0.2, 0.25) is 0 Å². The zero-order chi connectivity index (χ0) is 26.3. The van der Waals surface area contributed by atoms with Crippen molar-refractivity contribution in [3.8, 4) is 6.07 Å². The van der Waals surface area contributed by atoms with Crippen LogP contribution in [0.2, 0.25) is 10.0 Å². The molecule has 1 fully saturated rings. The van der Waals surface area contributed by atoms with Crippen LogP contribution in [0, 0.1) is 28.4 Å². The Bertz CT molecular complexity index is 1430. The van der Waals surface area contributed by atoms with Crippen LogP contribution in [0.1, 0.15) is 27.4 Å². The van der Waals surface area contributed by atoms with Gasteiger partial charge in [0.25, 0.3) is 5.91 Å². The second-order valence-electron chi connectivity index (χ2n) is 8.20. The van der Waals surface area contributed by atoms with E-state index in [9.17, 15) is 18.4 Å². The summed E-state index contributed by atoms with van der Waals surface area (Å²) in [7, 11) is 0. The first-order valence-electron chi connectivity index (χ1n) is 10.4. The largest absolute Gasteiger partial charge is 0.384 e. The lowest BCUT2D eigenvalue weighted by atomic mass is 10.00. The summed E-state index contributed by atoms with van der Waals surface area (Å²) in [5.41, 5.74) is -0.841. The van der Waals surface area contributed by atoms with Crippen LogP contribution >= 0.6 is 46.4 Å². The maximum Gasteiger partial charge on any atom is 0.258 e. The van der Waals surface area contributed by atoms with Crippen LogP contribution in [0.3, 0.4) is 0 Å². The molecule has 184 valence electrons. The van der Waals surface area contributed by atoms with E-state index in [0.29, 0.717) is 22.6 Å². The highest BCUT2D eigenvalue weighted by Gasteiger charge is 2.76. The molecule has 0 spiro atoms. The minimum absolute atomic E-state index is 0.0364. The van der Waals surface area contributed by atoms with Gasteiger partial charge in [-0.3, -0.25) is 4.79 Å². The van der Waals surface area contributed by atoms with Crippen LogP contribution in [-0.2, 0) is 4.79 Å². The number of rotatable bonds is 7. The molecule has 0 bridgehead atoms. The SMILES string of the molecule is N#Cc1ccc(NC(=O)c2cc(NCC3(C=O)C(c4ccc(Cl)c(Cl)c4)C3(Cl)Cl)ccc2F)c(F)c1. The number of amides is 1. The number of carbonyl (C=O) groups is 2. The number of nitrogens with zero attached hydrogens (tertiary/aromatic N) is 1. The summed E-state index contributed by atoms with van der Waals surface area (Å²) in [5.74, 6) is -3.20. The number of carbonyl (C=O) groups excluding carboxylic acids is 2. The summed E-state index contributed by atoms with van der Waals surface area (Å²) in [6.45, 7) is -0.0364. The summed E-state index contributed by atoms with van der Waals surface area (Å²) >= 11 is 25.1. The quantitative estimate of drug-likeness (QED) is 0.238. The first-order valence-corrected chi connectivity index (χ1v) is 11.9. The number of hydrogen-bond acceptors (Lipinski definition) is 4. The standard InChI is InChI=1S/C25H15Cl4F2N3O2/c26-17-4-2-14(8-18(17)27)22-24(12-35,25(22,28)29)11-33-15-3-5-19(30)16(9-15)23(36)34-21-6-1-13(10-32)7-20(21)31/h1-9,12,22,33H,11H2,(H,34,36). The third-order valence-electron chi connectivity index (χ3n) is 6.04. The highest BCUT2D eigenvalue weighted by Crippen LogP contribution is 2.73. The Morgan fingerprint density at radius 1 is 1.03 bits per heavy atom. The van der Waals surface area contributed by atoms with Crippen LogP contribution in [0.4, 0.5) is 20.2 Å². The van der Waals surface area contributed by atoms with E-state index in [0.717, 1.165) is 12.1 Å². The summed E-state index contributed by atoms with van der Waals surface area (Å²) in [5, 5.41) is 14.7. The number of benzene rings is 3. The average Bonchev–Trinajstić information content (AvgIpc) is 3.35. The molecule has 3 aromatic carbocycles. The van der Waals surface area contributed by atoms with Crippen molar-refractivity contribution in [2.45, 2.75) is 10.3 Å². The molecule has 4 rings (SSSR count). The van der Waals surface area contributed by atoms with E-state index in [1.165, 1.54) is 24.3 Å². The molecule has 2 atom stereocenters. The lowest BCUT2D eigenvalue weighted by Crippen LogP contribution is -2.23. The Morgan fingerprint density at radius 2 is 1.78 bits per heavy atom. The van der Waals surface area contributed by atoms with Gasteiger partial charge in [-0.1, -0.05) is 52.5 Å². The van der Waals surface area contributed by atoms with E-state index in [2.05, 4.69) is 10.6 Å². The molecule has 2 N–H and O–H groups in total. The van der Waals surface area contributed by atoms with Gasteiger partial charge in [0, 0.05) is 18.2 Å². The Balaban J connectivity index is 1.53. The van der Waals surface area contributed by atoms with E-state index in [-0.39, 0.29) is 28.4 Å². The number of nitrogens with one attached hydrogen (secondary N) is 2.